The minimum absolute atomic E-state index is 0.108. The highest BCUT2D eigenvalue weighted by Gasteiger charge is 2.79. The van der Waals surface area contributed by atoms with Crippen LogP contribution in [0.25, 0.3) is 0 Å². The molecule has 20 heavy (non-hydrogen) atoms. The third-order valence-electron chi connectivity index (χ3n) is 7.66. The average molecular weight is 279 g/mol. The molecule has 5 rings (SSSR count). The van der Waals surface area contributed by atoms with Gasteiger partial charge in [-0.15, -0.1) is 0 Å². The molecule has 3 bridgehead atoms. The summed E-state index contributed by atoms with van der Waals surface area (Å²) in [5, 5.41) is 22.2. The summed E-state index contributed by atoms with van der Waals surface area (Å²) in [4.78, 5) is 2.58. The van der Waals surface area contributed by atoms with E-state index in [0.717, 1.165) is 45.2 Å². The number of hydrogen-bond donors (Lipinski definition) is 2. The highest BCUT2D eigenvalue weighted by atomic mass is 16.6. The van der Waals surface area contributed by atoms with Crippen LogP contribution in [0.1, 0.15) is 45.4 Å². The summed E-state index contributed by atoms with van der Waals surface area (Å²) in [7, 11) is 0. The molecule has 2 saturated carbocycles. The topological polar surface area (TPSA) is 52.9 Å². The van der Waals surface area contributed by atoms with Crippen molar-refractivity contribution in [1.82, 2.24) is 4.90 Å². The lowest BCUT2D eigenvalue weighted by Crippen LogP contribution is -2.76. The molecular formula is C16H25NO3. The second-order valence-corrected chi connectivity index (χ2v) is 8.19. The molecule has 2 aliphatic carbocycles. The largest absolute Gasteiger partial charge is 0.388 e. The van der Waals surface area contributed by atoms with E-state index in [4.69, 9.17) is 4.74 Å². The molecule has 3 aliphatic heterocycles. The highest BCUT2D eigenvalue weighted by molar-refractivity contribution is 5.30. The van der Waals surface area contributed by atoms with Gasteiger partial charge < -0.3 is 14.9 Å². The molecule has 5 fully saturated rings. The lowest BCUT2D eigenvalue weighted by molar-refractivity contribution is -0.302. The van der Waals surface area contributed by atoms with Crippen LogP contribution in [-0.2, 0) is 4.74 Å². The van der Waals surface area contributed by atoms with E-state index in [9.17, 15) is 10.2 Å². The molecule has 1 spiro atoms. The van der Waals surface area contributed by atoms with Gasteiger partial charge in [0.2, 0.25) is 0 Å². The van der Waals surface area contributed by atoms with E-state index in [-0.39, 0.29) is 23.0 Å². The molecule has 7 unspecified atom stereocenters. The molecule has 4 heteroatoms. The van der Waals surface area contributed by atoms with Crippen LogP contribution in [-0.4, -0.2) is 51.7 Å². The number of hydrogen-bond acceptors (Lipinski definition) is 4. The van der Waals surface area contributed by atoms with Crippen LogP contribution in [0.2, 0.25) is 0 Å². The lowest BCUT2D eigenvalue weighted by atomic mass is 9.55. The van der Waals surface area contributed by atoms with Crippen molar-refractivity contribution < 1.29 is 14.9 Å². The molecule has 3 heterocycles. The zero-order chi connectivity index (χ0) is 13.8. The van der Waals surface area contributed by atoms with Gasteiger partial charge in [-0.05, 0) is 51.6 Å². The Morgan fingerprint density at radius 2 is 2.05 bits per heavy atom. The van der Waals surface area contributed by atoms with E-state index in [1.54, 1.807) is 0 Å². The van der Waals surface area contributed by atoms with Crippen molar-refractivity contribution in [2.24, 2.45) is 17.3 Å². The Balaban J connectivity index is 1.76. The smallest absolute Gasteiger partial charge is 0.160 e. The van der Waals surface area contributed by atoms with Crippen molar-refractivity contribution in [3.8, 4) is 0 Å². The van der Waals surface area contributed by atoms with E-state index in [1.165, 1.54) is 6.42 Å². The number of fused-ring (bicyclic) bond motifs is 2. The molecule has 3 saturated heterocycles. The van der Waals surface area contributed by atoms with Gasteiger partial charge in [-0.3, -0.25) is 4.90 Å². The Labute approximate surface area is 120 Å². The van der Waals surface area contributed by atoms with E-state index in [2.05, 4.69) is 11.8 Å². The number of rotatable bonds is 0. The van der Waals surface area contributed by atoms with Crippen LogP contribution in [0.15, 0.2) is 0 Å². The van der Waals surface area contributed by atoms with E-state index in [0.29, 0.717) is 5.92 Å². The molecule has 4 nitrogen and oxygen atoms in total. The zero-order valence-corrected chi connectivity index (χ0v) is 12.2. The summed E-state index contributed by atoms with van der Waals surface area (Å²) in [6.07, 6.45) is 5.71. The van der Waals surface area contributed by atoms with Crippen LogP contribution >= 0.6 is 0 Å². The van der Waals surface area contributed by atoms with Gasteiger partial charge in [-0.2, -0.15) is 0 Å². The fourth-order valence-corrected chi connectivity index (χ4v) is 7.04. The van der Waals surface area contributed by atoms with Crippen LogP contribution in [0, 0.1) is 17.3 Å². The molecule has 0 aromatic rings. The van der Waals surface area contributed by atoms with E-state index in [1.807, 2.05) is 0 Å². The van der Waals surface area contributed by atoms with Crippen LogP contribution in [0.3, 0.4) is 0 Å². The highest BCUT2D eigenvalue weighted by Crippen LogP contribution is 2.72. The van der Waals surface area contributed by atoms with Gasteiger partial charge in [0.05, 0.1) is 17.2 Å². The van der Waals surface area contributed by atoms with Gasteiger partial charge >= 0.3 is 0 Å². The van der Waals surface area contributed by atoms with Gasteiger partial charge in [-0.1, -0.05) is 6.92 Å². The minimum Gasteiger partial charge on any atom is -0.388 e. The first-order chi connectivity index (χ1) is 9.52. The fourth-order valence-electron chi connectivity index (χ4n) is 7.04. The summed E-state index contributed by atoms with van der Waals surface area (Å²) < 4.78 is 6.01. The predicted octanol–water partition coefficient (Wildman–Crippen LogP) is 1.11. The predicted molar refractivity (Wildman–Crippen MR) is 72.9 cm³/mol. The van der Waals surface area contributed by atoms with Crippen molar-refractivity contribution >= 4 is 0 Å². The Morgan fingerprint density at radius 1 is 1.25 bits per heavy atom. The Hall–Kier alpha value is -0.160. The average Bonchev–Trinajstić information content (AvgIpc) is 2.50. The number of nitrogens with zero attached hydrogens (tertiary/aromatic N) is 1. The van der Waals surface area contributed by atoms with Crippen molar-refractivity contribution in [3.05, 3.63) is 0 Å². The van der Waals surface area contributed by atoms with Gasteiger partial charge in [0.25, 0.3) is 0 Å². The van der Waals surface area contributed by atoms with Crippen molar-refractivity contribution in [1.29, 1.82) is 0 Å². The SMILES string of the molecule is CC12CC34C5CCCN3CCCC4(O)C1CC5OC2O. The first-order valence-electron chi connectivity index (χ1n) is 8.33. The summed E-state index contributed by atoms with van der Waals surface area (Å²) in [5.41, 5.74) is -0.963. The number of ether oxygens (including phenoxy) is 1. The number of aliphatic hydroxyl groups excluding tert-OH is 1. The van der Waals surface area contributed by atoms with Crippen LogP contribution in [0.5, 0.6) is 0 Å². The summed E-state index contributed by atoms with van der Waals surface area (Å²) in [5.74, 6) is 0.623. The fraction of sp³-hybridized carbons (Fsp3) is 1.00. The summed E-state index contributed by atoms with van der Waals surface area (Å²) >= 11 is 0. The van der Waals surface area contributed by atoms with Gasteiger partial charge in [0.1, 0.15) is 0 Å². The normalized spacial score (nSPS) is 64.3. The molecule has 0 amide bonds. The Bertz CT molecular complexity index is 469. The minimum atomic E-state index is -0.692. The molecule has 112 valence electrons. The number of piperidine rings is 2. The maximum Gasteiger partial charge on any atom is 0.160 e. The first-order valence-corrected chi connectivity index (χ1v) is 8.33. The molecule has 5 aliphatic rings. The van der Waals surface area contributed by atoms with E-state index >= 15 is 0 Å². The van der Waals surface area contributed by atoms with E-state index < -0.39 is 11.9 Å². The molecule has 0 aromatic heterocycles. The molecule has 7 atom stereocenters. The second-order valence-electron chi connectivity index (χ2n) is 8.19. The first kappa shape index (κ1) is 12.4. The monoisotopic (exact) mass is 279 g/mol. The summed E-state index contributed by atoms with van der Waals surface area (Å²) in [6, 6.07) is 0. The molecule has 0 aromatic carbocycles. The Kier molecular flexibility index (Phi) is 2.12. The molecule has 0 radical (unpaired) electrons. The number of aliphatic hydroxyl groups is 2. The quantitative estimate of drug-likeness (QED) is 0.697. The van der Waals surface area contributed by atoms with Gasteiger partial charge in [0, 0.05) is 17.3 Å². The van der Waals surface area contributed by atoms with Crippen LogP contribution < -0.4 is 0 Å². The van der Waals surface area contributed by atoms with Crippen LogP contribution in [0.4, 0.5) is 0 Å². The molecule has 2 N–H and O–H groups in total. The lowest BCUT2D eigenvalue weighted by Gasteiger charge is -2.65. The molecular weight excluding hydrogens is 254 g/mol. The Morgan fingerprint density at radius 3 is 2.90 bits per heavy atom. The maximum atomic E-state index is 11.7. The van der Waals surface area contributed by atoms with Crippen molar-refractivity contribution in [2.75, 3.05) is 13.1 Å². The summed E-state index contributed by atoms with van der Waals surface area (Å²) in [6.45, 7) is 4.38. The third-order valence-corrected chi connectivity index (χ3v) is 7.66. The third kappa shape index (κ3) is 1.04. The van der Waals surface area contributed by atoms with Crippen molar-refractivity contribution in [2.45, 2.75) is 69.0 Å². The van der Waals surface area contributed by atoms with Gasteiger partial charge in [0.15, 0.2) is 6.29 Å². The zero-order valence-electron chi connectivity index (χ0n) is 12.2. The van der Waals surface area contributed by atoms with Crippen molar-refractivity contribution in [3.63, 3.8) is 0 Å². The van der Waals surface area contributed by atoms with Gasteiger partial charge in [-0.25, -0.2) is 0 Å². The maximum absolute atomic E-state index is 11.7. The standard InChI is InChI=1S/C16H25NO3/c1-14-9-15-10-4-2-6-17(15)7-3-5-16(15,19)12(14)8-11(10)20-13(14)18/h10-13,18-19H,2-9H2,1H3. The second kappa shape index (κ2) is 3.43.